The lowest BCUT2D eigenvalue weighted by molar-refractivity contribution is -0.161. The first-order valence-electron chi connectivity index (χ1n) is 7.67. The Bertz CT molecular complexity index is 587. The third kappa shape index (κ3) is 2.11. The molecule has 1 atom stereocenters. The maximum atomic E-state index is 12.3. The number of Topliss-reactive ketones (excluding diaryl/α,β-unsaturated/α-hetero) is 1. The lowest BCUT2D eigenvalue weighted by Crippen LogP contribution is -2.30. The second-order valence-electron chi connectivity index (χ2n) is 6.25. The van der Waals surface area contributed by atoms with Gasteiger partial charge in [0.25, 0.3) is 0 Å². The minimum atomic E-state index is -1.24. The summed E-state index contributed by atoms with van der Waals surface area (Å²) in [6, 6.07) is 0. The smallest absolute Gasteiger partial charge is 0.323 e. The molecular formula is C17H20O5. The molecule has 0 N–H and O–H groups in total. The summed E-state index contributed by atoms with van der Waals surface area (Å²) in [5.74, 6) is -1.29. The van der Waals surface area contributed by atoms with E-state index in [1.165, 1.54) is 19.8 Å². The monoisotopic (exact) mass is 304 g/mol. The fraction of sp³-hybridized carbons (Fsp3) is 0.588. The van der Waals surface area contributed by atoms with Crippen molar-refractivity contribution in [3.8, 4) is 0 Å². The van der Waals surface area contributed by atoms with Crippen molar-refractivity contribution in [3.05, 3.63) is 22.8 Å². The summed E-state index contributed by atoms with van der Waals surface area (Å²) in [4.78, 5) is 36.3. The highest BCUT2D eigenvalue weighted by Gasteiger charge is 2.69. The Balaban J connectivity index is 1.88. The van der Waals surface area contributed by atoms with Crippen LogP contribution in [-0.2, 0) is 23.9 Å². The van der Waals surface area contributed by atoms with E-state index in [-0.39, 0.29) is 11.7 Å². The molecule has 0 heterocycles. The fourth-order valence-electron chi connectivity index (χ4n) is 3.80. The predicted octanol–water partition coefficient (Wildman–Crippen LogP) is 2.11. The van der Waals surface area contributed by atoms with Crippen LogP contribution in [0.5, 0.6) is 0 Å². The van der Waals surface area contributed by atoms with Crippen LogP contribution in [-0.4, -0.2) is 31.9 Å². The molecule has 0 aromatic carbocycles. The van der Waals surface area contributed by atoms with Crippen LogP contribution in [0.25, 0.3) is 0 Å². The minimum Gasteiger partial charge on any atom is -0.468 e. The highest BCUT2D eigenvalue weighted by molar-refractivity contribution is 6.07. The van der Waals surface area contributed by atoms with Crippen molar-refractivity contribution in [2.75, 3.05) is 14.2 Å². The first-order chi connectivity index (χ1) is 10.5. The minimum absolute atomic E-state index is 0.113. The van der Waals surface area contributed by atoms with Crippen molar-refractivity contribution < 1.29 is 23.9 Å². The number of hydrogen-bond donors (Lipinski definition) is 0. The van der Waals surface area contributed by atoms with Crippen LogP contribution in [0.15, 0.2) is 22.8 Å². The van der Waals surface area contributed by atoms with Crippen molar-refractivity contribution in [2.24, 2.45) is 11.3 Å². The zero-order valence-electron chi connectivity index (χ0n) is 12.9. The molecule has 1 unspecified atom stereocenters. The Labute approximate surface area is 129 Å². The molecule has 5 nitrogen and oxygen atoms in total. The van der Waals surface area contributed by atoms with E-state index in [9.17, 15) is 14.4 Å². The van der Waals surface area contributed by atoms with Gasteiger partial charge in [0.15, 0.2) is 11.2 Å². The van der Waals surface area contributed by atoms with Crippen LogP contribution in [0.4, 0.5) is 0 Å². The summed E-state index contributed by atoms with van der Waals surface area (Å²) in [6.45, 7) is 0. The molecule has 0 saturated heterocycles. The summed E-state index contributed by atoms with van der Waals surface area (Å²) >= 11 is 0. The molecule has 3 aliphatic carbocycles. The maximum Gasteiger partial charge on any atom is 0.323 e. The first-order valence-corrected chi connectivity index (χ1v) is 7.67. The van der Waals surface area contributed by atoms with Crippen molar-refractivity contribution in [2.45, 2.75) is 38.5 Å². The zero-order chi connectivity index (χ0) is 15.9. The maximum absolute atomic E-state index is 12.3. The number of methoxy groups -OCH3 is 2. The van der Waals surface area contributed by atoms with Gasteiger partial charge in [-0.15, -0.1) is 0 Å². The van der Waals surface area contributed by atoms with Gasteiger partial charge in [-0.3, -0.25) is 14.4 Å². The second-order valence-corrected chi connectivity index (χ2v) is 6.25. The van der Waals surface area contributed by atoms with E-state index < -0.39 is 17.4 Å². The second kappa shape index (κ2) is 5.38. The van der Waals surface area contributed by atoms with Gasteiger partial charge in [-0.25, -0.2) is 0 Å². The number of esters is 2. The molecule has 0 radical (unpaired) electrons. The number of carbonyl (C=O) groups excluding carboxylic acids is 3. The van der Waals surface area contributed by atoms with Gasteiger partial charge in [-0.05, 0) is 32.1 Å². The molecule has 2 saturated carbocycles. The number of ketones is 1. The van der Waals surface area contributed by atoms with Gasteiger partial charge in [0.05, 0.1) is 14.2 Å². The number of ether oxygens (including phenoxy) is 2. The van der Waals surface area contributed by atoms with E-state index in [0.717, 1.165) is 36.8 Å². The molecule has 2 fully saturated rings. The molecule has 0 bridgehead atoms. The van der Waals surface area contributed by atoms with Crippen molar-refractivity contribution >= 4 is 17.7 Å². The van der Waals surface area contributed by atoms with Gasteiger partial charge < -0.3 is 9.47 Å². The highest BCUT2D eigenvalue weighted by Crippen LogP contribution is 2.60. The Kier molecular flexibility index (Phi) is 3.67. The van der Waals surface area contributed by atoms with Gasteiger partial charge in [0.2, 0.25) is 0 Å². The average molecular weight is 304 g/mol. The lowest BCUT2D eigenvalue weighted by atomic mass is 9.98. The Morgan fingerprint density at radius 3 is 2.27 bits per heavy atom. The third-order valence-corrected chi connectivity index (χ3v) is 5.09. The van der Waals surface area contributed by atoms with Gasteiger partial charge in [-0.1, -0.05) is 17.2 Å². The standard InChI is InChI=1S/C17H20O5/c1-21-15(19)17(16(20)22-2)9-13(17)11-7-12(14(18)8-11)10-5-3-4-6-10/h7,13H,3-6,8-9H2,1-2H3. The van der Waals surface area contributed by atoms with Gasteiger partial charge in [-0.2, -0.15) is 0 Å². The molecule has 22 heavy (non-hydrogen) atoms. The SMILES string of the molecule is COC(=O)C1(C(=O)OC)CC1C1=CC(=C2CCCC2)C(=O)C1. The Hall–Kier alpha value is -1.91. The molecule has 0 aliphatic heterocycles. The van der Waals surface area contributed by atoms with E-state index in [2.05, 4.69) is 0 Å². The van der Waals surface area contributed by atoms with Crippen molar-refractivity contribution in [1.29, 1.82) is 0 Å². The van der Waals surface area contributed by atoms with E-state index >= 15 is 0 Å². The van der Waals surface area contributed by atoms with Crippen LogP contribution in [0.3, 0.4) is 0 Å². The van der Waals surface area contributed by atoms with E-state index in [0.29, 0.717) is 12.8 Å². The number of carbonyl (C=O) groups is 3. The van der Waals surface area contributed by atoms with E-state index in [1.54, 1.807) is 0 Å². The summed E-state index contributed by atoms with van der Waals surface area (Å²) in [6.07, 6.45) is 6.80. The molecule has 5 heteroatoms. The van der Waals surface area contributed by atoms with Crippen molar-refractivity contribution in [3.63, 3.8) is 0 Å². The Morgan fingerprint density at radius 1 is 1.14 bits per heavy atom. The molecule has 0 aromatic rings. The lowest BCUT2D eigenvalue weighted by Gasteiger charge is -2.12. The van der Waals surface area contributed by atoms with E-state index in [1.807, 2.05) is 6.08 Å². The zero-order valence-corrected chi connectivity index (χ0v) is 12.9. The molecular weight excluding hydrogens is 284 g/mol. The van der Waals surface area contributed by atoms with Crippen LogP contribution in [0, 0.1) is 11.3 Å². The van der Waals surface area contributed by atoms with E-state index in [4.69, 9.17) is 9.47 Å². The Morgan fingerprint density at radius 2 is 1.73 bits per heavy atom. The number of hydrogen-bond acceptors (Lipinski definition) is 5. The molecule has 118 valence electrons. The summed E-state index contributed by atoms with van der Waals surface area (Å²) in [7, 11) is 2.53. The van der Waals surface area contributed by atoms with Gasteiger partial charge >= 0.3 is 11.9 Å². The topological polar surface area (TPSA) is 69.7 Å². The normalized spacial score (nSPS) is 26.0. The molecule has 0 amide bonds. The summed E-state index contributed by atoms with van der Waals surface area (Å²) < 4.78 is 9.56. The number of rotatable bonds is 3. The fourth-order valence-corrected chi connectivity index (χ4v) is 3.80. The summed E-state index contributed by atoms with van der Waals surface area (Å²) in [5, 5.41) is 0. The predicted molar refractivity (Wildman–Crippen MR) is 77.8 cm³/mol. The molecule has 0 spiro atoms. The summed E-state index contributed by atoms with van der Waals surface area (Å²) in [5.41, 5.74) is 1.66. The molecule has 3 rings (SSSR count). The highest BCUT2D eigenvalue weighted by atomic mass is 16.5. The molecule has 3 aliphatic rings. The third-order valence-electron chi connectivity index (χ3n) is 5.09. The average Bonchev–Trinajstić information content (AvgIpc) is 2.86. The van der Waals surface area contributed by atoms with Crippen LogP contribution >= 0.6 is 0 Å². The van der Waals surface area contributed by atoms with Gasteiger partial charge in [0, 0.05) is 17.9 Å². The van der Waals surface area contributed by atoms with Crippen LogP contribution < -0.4 is 0 Å². The molecule has 0 aromatic heterocycles. The first kappa shape index (κ1) is 15.0. The van der Waals surface area contributed by atoms with Gasteiger partial charge in [0.1, 0.15) is 0 Å². The number of allylic oxidation sites excluding steroid dienone is 4. The quantitative estimate of drug-likeness (QED) is 0.454. The van der Waals surface area contributed by atoms with Crippen LogP contribution in [0.1, 0.15) is 38.5 Å². The van der Waals surface area contributed by atoms with Crippen LogP contribution in [0.2, 0.25) is 0 Å². The largest absolute Gasteiger partial charge is 0.468 e. The van der Waals surface area contributed by atoms with Crippen molar-refractivity contribution in [1.82, 2.24) is 0 Å².